The number of amides is 1. The lowest BCUT2D eigenvalue weighted by Gasteiger charge is -2.18. The number of carbonyl (C=O) groups is 1. The van der Waals surface area contributed by atoms with E-state index >= 15 is 0 Å². The SMILES string of the molecule is Cc1cc(C)c(C(O)CNC(=O)C2CC2)c(C)c1. The average molecular weight is 247 g/mol. The summed E-state index contributed by atoms with van der Waals surface area (Å²) in [6.45, 7) is 6.35. The van der Waals surface area contributed by atoms with Gasteiger partial charge in [0.1, 0.15) is 0 Å². The van der Waals surface area contributed by atoms with E-state index < -0.39 is 6.10 Å². The zero-order valence-corrected chi connectivity index (χ0v) is 11.3. The number of hydrogen-bond donors (Lipinski definition) is 2. The maximum absolute atomic E-state index is 11.5. The highest BCUT2D eigenvalue weighted by Gasteiger charge is 2.29. The predicted octanol–water partition coefficient (Wildman–Crippen LogP) is 2.17. The third-order valence-corrected chi connectivity index (χ3v) is 3.49. The molecule has 1 fully saturated rings. The highest BCUT2D eigenvalue weighted by Crippen LogP contribution is 2.29. The molecule has 3 nitrogen and oxygen atoms in total. The molecule has 1 aliphatic carbocycles. The van der Waals surface area contributed by atoms with Gasteiger partial charge in [-0.3, -0.25) is 4.79 Å². The molecule has 1 aromatic carbocycles. The quantitative estimate of drug-likeness (QED) is 0.856. The summed E-state index contributed by atoms with van der Waals surface area (Å²) in [4.78, 5) is 11.5. The minimum Gasteiger partial charge on any atom is -0.387 e. The summed E-state index contributed by atoms with van der Waals surface area (Å²) in [6, 6.07) is 4.13. The van der Waals surface area contributed by atoms with Crippen molar-refractivity contribution in [2.24, 2.45) is 5.92 Å². The van der Waals surface area contributed by atoms with E-state index in [1.807, 2.05) is 20.8 Å². The molecule has 2 N–H and O–H groups in total. The molecule has 0 aliphatic heterocycles. The number of aryl methyl sites for hydroxylation is 3. The van der Waals surface area contributed by atoms with Crippen LogP contribution in [0.1, 0.15) is 41.2 Å². The molecule has 1 saturated carbocycles. The monoisotopic (exact) mass is 247 g/mol. The van der Waals surface area contributed by atoms with Crippen LogP contribution in [-0.4, -0.2) is 17.6 Å². The van der Waals surface area contributed by atoms with E-state index in [1.165, 1.54) is 5.56 Å². The van der Waals surface area contributed by atoms with Crippen molar-refractivity contribution in [2.75, 3.05) is 6.54 Å². The fourth-order valence-electron chi connectivity index (χ4n) is 2.51. The Kier molecular flexibility index (Phi) is 3.71. The second kappa shape index (κ2) is 5.11. The first-order valence-corrected chi connectivity index (χ1v) is 6.52. The molecule has 0 heterocycles. The first-order valence-electron chi connectivity index (χ1n) is 6.52. The molecular weight excluding hydrogens is 226 g/mol. The van der Waals surface area contributed by atoms with Crippen molar-refractivity contribution >= 4 is 5.91 Å². The predicted molar refractivity (Wildman–Crippen MR) is 71.3 cm³/mol. The summed E-state index contributed by atoms with van der Waals surface area (Å²) < 4.78 is 0. The van der Waals surface area contributed by atoms with E-state index in [9.17, 15) is 9.90 Å². The summed E-state index contributed by atoms with van der Waals surface area (Å²) in [7, 11) is 0. The lowest BCUT2D eigenvalue weighted by molar-refractivity contribution is -0.122. The second-order valence-corrected chi connectivity index (χ2v) is 5.35. The van der Waals surface area contributed by atoms with Gasteiger partial charge in [0, 0.05) is 12.5 Å². The van der Waals surface area contributed by atoms with Crippen LogP contribution in [0.4, 0.5) is 0 Å². The molecule has 2 rings (SSSR count). The van der Waals surface area contributed by atoms with Crippen LogP contribution in [0.15, 0.2) is 12.1 Å². The number of aliphatic hydroxyl groups is 1. The topological polar surface area (TPSA) is 49.3 Å². The number of carbonyl (C=O) groups excluding carboxylic acids is 1. The van der Waals surface area contributed by atoms with Gasteiger partial charge in [0.15, 0.2) is 0 Å². The zero-order valence-electron chi connectivity index (χ0n) is 11.3. The largest absolute Gasteiger partial charge is 0.387 e. The van der Waals surface area contributed by atoms with Crippen molar-refractivity contribution in [3.63, 3.8) is 0 Å². The van der Waals surface area contributed by atoms with E-state index in [1.54, 1.807) is 0 Å². The molecule has 1 atom stereocenters. The number of nitrogens with one attached hydrogen (secondary N) is 1. The first-order chi connectivity index (χ1) is 8.49. The Bertz CT molecular complexity index is 441. The first kappa shape index (κ1) is 13.1. The van der Waals surface area contributed by atoms with Gasteiger partial charge >= 0.3 is 0 Å². The van der Waals surface area contributed by atoms with Crippen LogP contribution in [0.2, 0.25) is 0 Å². The van der Waals surface area contributed by atoms with Gasteiger partial charge in [-0.25, -0.2) is 0 Å². The highest BCUT2D eigenvalue weighted by molar-refractivity contribution is 5.80. The lowest BCUT2D eigenvalue weighted by Crippen LogP contribution is -2.30. The van der Waals surface area contributed by atoms with Gasteiger partial charge in [-0.15, -0.1) is 0 Å². The van der Waals surface area contributed by atoms with Crippen LogP contribution in [-0.2, 0) is 4.79 Å². The third kappa shape index (κ3) is 2.91. The van der Waals surface area contributed by atoms with Crippen LogP contribution >= 0.6 is 0 Å². The minimum atomic E-state index is -0.617. The second-order valence-electron chi connectivity index (χ2n) is 5.35. The molecule has 98 valence electrons. The molecule has 1 unspecified atom stereocenters. The normalized spacial score (nSPS) is 16.4. The molecule has 0 aromatic heterocycles. The van der Waals surface area contributed by atoms with Crippen LogP contribution in [0.5, 0.6) is 0 Å². The molecule has 1 aromatic rings. The van der Waals surface area contributed by atoms with Crippen molar-refractivity contribution in [3.8, 4) is 0 Å². The Balaban J connectivity index is 2.03. The van der Waals surface area contributed by atoms with Gasteiger partial charge in [-0.2, -0.15) is 0 Å². The zero-order chi connectivity index (χ0) is 13.3. The van der Waals surface area contributed by atoms with Crippen molar-refractivity contribution < 1.29 is 9.90 Å². The van der Waals surface area contributed by atoms with Gasteiger partial charge in [0.05, 0.1) is 6.10 Å². The molecule has 1 amide bonds. The number of rotatable bonds is 4. The van der Waals surface area contributed by atoms with E-state index in [0.717, 1.165) is 29.5 Å². The molecule has 18 heavy (non-hydrogen) atoms. The van der Waals surface area contributed by atoms with Crippen LogP contribution in [0, 0.1) is 26.7 Å². The third-order valence-electron chi connectivity index (χ3n) is 3.49. The molecule has 0 radical (unpaired) electrons. The molecule has 0 saturated heterocycles. The minimum absolute atomic E-state index is 0.0801. The smallest absolute Gasteiger partial charge is 0.223 e. The summed E-state index contributed by atoms with van der Waals surface area (Å²) in [6.07, 6.45) is 1.36. The molecule has 0 bridgehead atoms. The van der Waals surface area contributed by atoms with Crippen molar-refractivity contribution in [1.29, 1.82) is 0 Å². The summed E-state index contributed by atoms with van der Waals surface area (Å²) >= 11 is 0. The lowest BCUT2D eigenvalue weighted by atomic mass is 9.95. The number of aliphatic hydroxyl groups excluding tert-OH is 1. The van der Waals surface area contributed by atoms with E-state index in [0.29, 0.717) is 6.54 Å². The Morgan fingerprint density at radius 1 is 1.33 bits per heavy atom. The van der Waals surface area contributed by atoms with Gasteiger partial charge in [0.25, 0.3) is 0 Å². The van der Waals surface area contributed by atoms with E-state index in [2.05, 4.69) is 17.4 Å². The fourth-order valence-corrected chi connectivity index (χ4v) is 2.51. The molecular formula is C15H21NO2. The summed E-state index contributed by atoms with van der Waals surface area (Å²) in [5.74, 6) is 0.272. The Hall–Kier alpha value is -1.35. The van der Waals surface area contributed by atoms with Gasteiger partial charge in [0.2, 0.25) is 5.91 Å². The number of hydrogen-bond acceptors (Lipinski definition) is 2. The molecule has 0 spiro atoms. The van der Waals surface area contributed by atoms with Crippen LogP contribution in [0.3, 0.4) is 0 Å². The van der Waals surface area contributed by atoms with Crippen LogP contribution in [0.25, 0.3) is 0 Å². The average Bonchev–Trinajstić information content (AvgIpc) is 3.07. The maximum atomic E-state index is 11.5. The molecule has 3 heteroatoms. The Labute approximate surface area is 108 Å². The fraction of sp³-hybridized carbons (Fsp3) is 0.533. The standard InChI is InChI=1S/C15H21NO2/c1-9-6-10(2)14(11(3)7-9)13(17)8-16-15(18)12-4-5-12/h6-7,12-13,17H,4-5,8H2,1-3H3,(H,16,18). The van der Waals surface area contributed by atoms with Gasteiger partial charge < -0.3 is 10.4 Å². The molecule has 1 aliphatic rings. The van der Waals surface area contributed by atoms with E-state index in [4.69, 9.17) is 0 Å². The van der Waals surface area contributed by atoms with Crippen molar-refractivity contribution in [1.82, 2.24) is 5.32 Å². The van der Waals surface area contributed by atoms with Crippen molar-refractivity contribution in [3.05, 3.63) is 34.4 Å². The Morgan fingerprint density at radius 3 is 2.39 bits per heavy atom. The number of benzene rings is 1. The maximum Gasteiger partial charge on any atom is 0.223 e. The summed E-state index contributed by atoms with van der Waals surface area (Å²) in [5.41, 5.74) is 4.31. The Morgan fingerprint density at radius 2 is 1.89 bits per heavy atom. The van der Waals surface area contributed by atoms with Crippen LogP contribution < -0.4 is 5.32 Å². The van der Waals surface area contributed by atoms with Gasteiger partial charge in [-0.05, 0) is 50.3 Å². The summed E-state index contributed by atoms with van der Waals surface area (Å²) in [5, 5.41) is 13.0. The highest BCUT2D eigenvalue weighted by atomic mass is 16.3. The van der Waals surface area contributed by atoms with E-state index in [-0.39, 0.29) is 11.8 Å². The van der Waals surface area contributed by atoms with Crippen molar-refractivity contribution in [2.45, 2.75) is 39.7 Å². The van der Waals surface area contributed by atoms with Gasteiger partial charge in [-0.1, -0.05) is 17.7 Å².